The largest absolute Gasteiger partial charge is 0.413 e. The summed E-state index contributed by atoms with van der Waals surface area (Å²) in [7, 11) is -0.0369. The van der Waals surface area contributed by atoms with Crippen molar-refractivity contribution in [3.8, 4) is 0 Å². The number of benzene rings is 1. The Morgan fingerprint density at radius 1 is 1.41 bits per heavy atom. The average molecular weight is 233 g/mol. The highest BCUT2D eigenvalue weighted by Gasteiger charge is 2.36. The van der Waals surface area contributed by atoms with Crippen LogP contribution in [0.15, 0.2) is 30.3 Å². The summed E-state index contributed by atoms with van der Waals surface area (Å²) in [6.07, 6.45) is 1.23. The summed E-state index contributed by atoms with van der Waals surface area (Å²) in [5.74, 6) is 0. The summed E-state index contributed by atoms with van der Waals surface area (Å²) >= 11 is 0. The fourth-order valence-electron chi connectivity index (χ4n) is 2.26. The fourth-order valence-corrected chi connectivity index (χ4v) is 2.26. The molecule has 0 saturated carbocycles. The molecular weight excluding hydrogens is 213 g/mol. The SMILES string of the molecule is CCC(O)CB1NC(C)C(c2ccccc2)O1. The first kappa shape index (κ1) is 12.6. The number of rotatable bonds is 4. The van der Waals surface area contributed by atoms with Crippen LogP contribution in [0, 0.1) is 0 Å². The lowest BCUT2D eigenvalue weighted by molar-refractivity contribution is 0.175. The second-order valence-electron chi connectivity index (χ2n) is 4.71. The van der Waals surface area contributed by atoms with E-state index in [1.165, 1.54) is 5.56 Å². The van der Waals surface area contributed by atoms with E-state index in [-0.39, 0.29) is 25.3 Å². The quantitative estimate of drug-likeness (QED) is 0.781. The van der Waals surface area contributed by atoms with Gasteiger partial charge in [-0.3, -0.25) is 0 Å². The van der Waals surface area contributed by atoms with Crippen molar-refractivity contribution in [3.05, 3.63) is 35.9 Å². The maximum atomic E-state index is 9.64. The first-order chi connectivity index (χ1) is 8.20. The summed E-state index contributed by atoms with van der Waals surface area (Å²) in [4.78, 5) is 0. The number of hydrogen-bond donors (Lipinski definition) is 2. The van der Waals surface area contributed by atoms with E-state index in [2.05, 4.69) is 24.3 Å². The van der Waals surface area contributed by atoms with Gasteiger partial charge in [-0.2, -0.15) is 0 Å². The van der Waals surface area contributed by atoms with Crippen LogP contribution in [0.1, 0.15) is 31.9 Å². The minimum absolute atomic E-state index is 0.0369. The van der Waals surface area contributed by atoms with Crippen molar-refractivity contribution in [1.82, 2.24) is 5.23 Å². The van der Waals surface area contributed by atoms with Crippen LogP contribution in [-0.2, 0) is 4.65 Å². The molecule has 1 aliphatic rings. The van der Waals surface area contributed by atoms with Crippen LogP contribution >= 0.6 is 0 Å². The predicted molar refractivity (Wildman–Crippen MR) is 69.7 cm³/mol. The van der Waals surface area contributed by atoms with Gasteiger partial charge in [-0.25, -0.2) is 0 Å². The van der Waals surface area contributed by atoms with Crippen LogP contribution < -0.4 is 5.23 Å². The molecular formula is C13H20BNO2. The summed E-state index contributed by atoms with van der Waals surface area (Å²) in [5, 5.41) is 13.0. The van der Waals surface area contributed by atoms with Crippen LogP contribution in [0.2, 0.25) is 6.32 Å². The second kappa shape index (κ2) is 5.67. The van der Waals surface area contributed by atoms with Gasteiger partial charge in [0.25, 0.3) is 0 Å². The van der Waals surface area contributed by atoms with Crippen LogP contribution in [-0.4, -0.2) is 24.3 Å². The van der Waals surface area contributed by atoms with E-state index in [4.69, 9.17) is 4.65 Å². The average Bonchev–Trinajstić information content (AvgIpc) is 2.71. The van der Waals surface area contributed by atoms with Gasteiger partial charge in [-0.15, -0.1) is 0 Å². The topological polar surface area (TPSA) is 41.5 Å². The number of aliphatic hydroxyl groups is 1. The molecule has 1 fully saturated rings. The van der Waals surface area contributed by atoms with E-state index < -0.39 is 0 Å². The smallest absolute Gasteiger partial charge is 0.383 e. The molecule has 4 heteroatoms. The fraction of sp³-hybridized carbons (Fsp3) is 0.538. The zero-order chi connectivity index (χ0) is 12.3. The van der Waals surface area contributed by atoms with Crippen molar-refractivity contribution in [3.63, 3.8) is 0 Å². The van der Waals surface area contributed by atoms with Crippen molar-refractivity contribution >= 4 is 7.05 Å². The molecule has 0 bridgehead atoms. The predicted octanol–water partition coefficient (Wildman–Crippen LogP) is 2.00. The standard InChI is InChI=1S/C13H20BNO2/c1-3-12(16)9-14-15-10(2)13(17-14)11-7-5-4-6-8-11/h4-8,10,12-13,15-16H,3,9H2,1-2H3. The van der Waals surface area contributed by atoms with Crippen LogP contribution in [0.25, 0.3) is 0 Å². The van der Waals surface area contributed by atoms with E-state index in [9.17, 15) is 5.11 Å². The van der Waals surface area contributed by atoms with Gasteiger partial charge in [0.05, 0.1) is 12.2 Å². The minimum Gasteiger partial charge on any atom is -0.413 e. The van der Waals surface area contributed by atoms with Crippen LogP contribution in [0.4, 0.5) is 0 Å². The van der Waals surface area contributed by atoms with Crippen LogP contribution in [0.5, 0.6) is 0 Å². The maximum Gasteiger partial charge on any atom is 0.383 e. The van der Waals surface area contributed by atoms with Gasteiger partial charge >= 0.3 is 7.05 Å². The molecule has 0 aromatic heterocycles. The Balaban J connectivity index is 1.98. The molecule has 3 atom stereocenters. The van der Waals surface area contributed by atoms with Crippen molar-refractivity contribution in [2.75, 3.05) is 0 Å². The van der Waals surface area contributed by atoms with Crippen LogP contribution in [0.3, 0.4) is 0 Å². The molecule has 1 aliphatic heterocycles. The van der Waals surface area contributed by atoms with E-state index in [1.54, 1.807) is 0 Å². The number of hydrogen-bond acceptors (Lipinski definition) is 3. The molecule has 92 valence electrons. The van der Waals surface area contributed by atoms with E-state index in [0.717, 1.165) is 6.42 Å². The van der Waals surface area contributed by atoms with E-state index >= 15 is 0 Å². The summed E-state index contributed by atoms with van der Waals surface area (Å²) in [5.41, 5.74) is 1.20. The van der Waals surface area contributed by atoms with Crippen molar-refractivity contribution in [2.45, 2.75) is 44.8 Å². The third-order valence-corrected chi connectivity index (χ3v) is 3.30. The van der Waals surface area contributed by atoms with Crippen molar-refractivity contribution in [1.29, 1.82) is 0 Å². The molecule has 1 heterocycles. The zero-order valence-corrected chi connectivity index (χ0v) is 10.5. The summed E-state index contributed by atoms with van der Waals surface area (Å²) in [6.45, 7) is 4.10. The molecule has 2 N–H and O–H groups in total. The number of nitrogens with one attached hydrogen (secondary N) is 1. The highest BCUT2D eigenvalue weighted by molar-refractivity contribution is 6.50. The minimum atomic E-state index is -0.283. The Morgan fingerprint density at radius 2 is 2.12 bits per heavy atom. The first-order valence-electron chi connectivity index (χ1n) is 6.35. The monoisotopic (exact) mass is 233 g/mol. The lowest BCUT2D eigenvalue weighted by atomic mass is 9.76. The molecule has 2 rings (SSSR count). The molecule has 17 heavy (non-hydrogen) atoms. The highest BCUT2D eigenvalue weighted by Crippen LogP contribution is 2.28. The lowest BCUT2D eigenvalue weighted by Crippen LogP contribution is -2.35. The Kier molecular flexibility index (Phi) is 4.21. The number of aliphatic hydroxyl groups excluding tert-OH is 1. The molecule has 1 saturated heterocycles. The Bertz CT molecular complexity index is 347. The highest BCUT2D eigenvalue weighted by atomic mass is 16.5. The van der Waals surface area contributed by atoms with Gasteiger partial charge in [0.15, 0.2) is 0 Å². The molecule has 0 aliphatic carbocycles. The Labute approximate surface area is 103 Å². The third-order valence-electron chi connectivity index (χ3n) is 3.30. The molecule has 0 radical (unpaired) electrons. The molecule has 1 aromatic rings. The maximum absolute atomic E-state index is 9.64. The van der Waals surface area contributed by atoms with Crippen molar-refractivity contribution < 1.29 is 9.76 Å². The lowest BCUT2D eigenvalue weighted by Gasteiger charge is -2.15. The van der Waals surface area contributed by atoms with Crippen molar-refractivity contribution in [2.24, 2.45) is 0 Å². The Hall–Kier alpha value is -0.835. The van der Waals surface area contributed by atoms with Gasteiger partial charge < -0.3 is 15.0 Å². The van der Waals surface area contributed by atoms with Gasteiger partial charge in [-0.1, -0.05) is 37.3 Å². The summed E-state index contributed by atoms with van der Waals surface area (Å²) < 4.78 is 5.96. The van der Waals surface area contributed by atoms with Gasteiger partial charge in [0.2, 0.25) is 0 Å². The zero-order valence-electron chi connectivity index (χ0n) is 10.5. The molecule has 3 nitrogen and oxygen atoms in total. The van der Waals surface area contributed by atoms with E-state index in [0.29, 0.717) is 6.32 Å². The van der Waals surface area contributed by atoms with Gasteiger partial charge in [0.1, 0.15) is 0 Å². The molecule has 1 aromatic carbocycles. The van der Waals surface area contributed by atoms with Gasteiger partial charge in [0, 0.05) is 6.04 Å². The van der Waals surface area contributed by atoms with E-state index in [1.807, 2.05) is 25.1 Å². The first-order valence-corrected chi connectivity index (χ1v) is 6.35. The van der Waals surface area contributed by atoms with Gasteiger partial charge in [-0.05, 0) is 25.2 Å². The Morgan fingerprint density at radius 3 is 2.76 bits per heavy atom. The molecule has 0 spiro atoms. The second-order valence-corrected chi connectivity index (χ2v) is 4.71. The molecule has 3 unspecified atom stereocenters. The normalized spacial score (nSPS) is 26.2. The third kappa shape index (κ3) is 3.09. The molecule has 0 amide bonds. The summed E-state index contributed by atoms with van der Waals surface area (Å²) in [6, 6.07) is 10.5.